The molecule has 0 aromatic rings. The number of unbranched alkanes of at least 4 members (excludes halogenated alkanes) is 1. The molecule has 1 N–H and O–H groups in total. The van der Waals surface area contributed by atoms with E-state index in [2.05, 4.69) is 24.4 Å². The van der Waals surface area contributed by atoms with Gasteiger partial charge in [-0.3, -0.25) is 0 Å². The van der Waals surface area contributed by atoms with E-state index in [1.165, 1.54) is 38.8 Å². The summed E-state index contributed by atoms with van der Waals surface area (Å²) in [6.07, 6.45) is 10.4. The number of rotatable bonds is 5. The van der Waals surface area contributed by atoms with Gasteiger partial charge in [-0.2, -0.15) is 0 Å². The van der Waals surface area contributed by atoms with Crippen LogP contribution < -0.4 is 5.32 Å². The van der Waals surface area contributed by atoms with Crippen molar-refractivity contribution in [2.75, 3.05) is 13.1 Å². The number of hydrogen-bond acceptors (Lipinski definition) is 1. The summed E-state index contributed by atoms with van der Waals surface area (Å²) in [5.74, 6) is 2.80. The van der Waals surface area contributed by atoms with Gasteiger partial charge in [0.15, 0.2) is 0 Å². The Labute approximate surface area is 81.6 Å². The minimum Gasteiger partial charge on any atom is -0.316 e. The molecular formula is C12H21N. The molecule has 0 saturated heterocycles. The Morgan fingerprint density at radius 3 is 2.85 bits per heavy atom. The van der Waals surface area contributed by atoms with E-state index in [1.54, 1.807) is 0 Å². The maximum absolute atomic E-state index is 3.58. The summed E-state index contributed by atoms with van der Waals surface area (Å²) >= 11 is 0. The van der Waals surface area contributed by atoms with Gasteiger partial charge in [-0.15, -0.1) is 0 Å². The van der Waals surface area contributed by atoms with Crippen molar-refractivity contribution in [2.45, 2.75) is 32.6 Å². The Balaban J connectivity index is 1.64. The highest BCUT2D eigenvalue weighted by Gasteiger charge is 2.34. The fourth-order valence-corrected chi connectivity index (χ4v) is 2.72. The molecule has 1 heteroatoms. The van der Waals surface area contributed by atoms with Gasteiger partial charge in [0.1, 0.15) is 0 Å². The zero-order valence-electron chi connectivity index (χ0n) is 8.63. The summed E-state index contributed by atoms with van der Waals surface area (Å²) in [4.78, 5) is 0. The quantitative estimate of drug-likeness (QED) is 0.505. The largest absolute Gasteiger partial charge is 0.316 e. The first-order valence-corrected chi connectivity index (χ1v) is 5.79. The minimum absolute atomic E-state index is 0.916. The predicted octanol–water partition coefficient (Wildman–Crippen LogP) is 2.59. The lowest BCUT2D eigenvalue weighted by Crippen LogP contribution is -2.26. The first-order chi connectivity index (χ1) is 6.40. The highest BCUT2D eigenvalue weighted by atomic mass is 14.9. The van der Waals surface area contributed by atoms with E-state index in [-0.39, 0.29) is 0 Å². The SMILES string of the molecule is CCCCNC[C@H]1C[C@H]2C=C[C@H]1C2. The Kier molecular flexibility index (Phi) is 3.05. The molecule has 1 fully saturated rings. The molecule has 0 spiro atoms. The molecule has 13 heavy (non-hydrogen) atoms. The van der Waals surface area contributed by atoms with Crippen molar-refractivity contribution in [2.24, 2.45) is 17.8 Å². The molecule has 2 bridgehead atoms. The molecule has 0 radical (unpaired) electrons. The number of hydrogen-bond donors (Lipinski definition) is 1. The molecule has 74 valence electrons. The second-order valence-electron chi connectivity index (χ2n) is 4.60. The van der Waals surface area contributed by atoms with Crippen LogP contribution in [0.25, 0.3) is 0 Å². The smallest absolute Gasteiger partial charge is 0.00147 e. The van der Waals surface area contributed by atoms with Crippen LogP contribution in [-0.4, -0.2) is 13.1 Å². The molecule has 1 nitrogen and oxygen atoms in total. The minimum atomic E-state index is 0.916. The Morgan fingerprint density at radius 1 is 1.31 bits per heavy atom. The Bertz CT molecular complexity index is 186. The summed E-state index contributed by atoms with van der Waals surface area (Å²) in [6, 6.07) is 0. The second-order valence-corrected chi connectivity index (χ2v) is 4.60. The molecule has 2 rings (SSSR count). The van der Waals surface area contributed by atoms with E-state index in [1.807, 2.05) is 0 Å². The third kappa shape index (κ3) is 2.14. The van der Waals surface area contributed by atoms with Crippen LogP contribution in [0.5, 0.6) is 0 Å². The number of nitrogens with one attached hydrogen (secondary N) is 1. The van der Waals surface area contributed by atoms with E-state index in [0.29, 0.717) is 0 Å². The van der Waals surface area contributed by atoms with Gasteiger partial charge in [0, 0.05) is 0 Å². The highest BCUT2D eigenvalue weighted by Crippen LogP contribution is 2.42. The molecule has 0 heterocycles. The van der Waals surface area contributed by atoms with Gasteiger partial charge in [-0.25, -0.2) is 0 Å². The lowest BCUT2D eigenvalue weighted by atomic mass is 9.94. The molecular weight excluding hydrogens is 158 g/mol. The van der Waals surface area contributed by atoms with Crippen LogP contribution >= 0.6 is 0 Å². The van der Waals surface area contributed by atoms with Gasteiger partial charge in [-0.05, 0) is 50.1 Å². The van der Waals surface area contributed by atoms with E-state index >= 15 is 0 Å². The maximum atomic E-state index is 3.58. The average molecular weight is 179 g/mol. The van der Waals surface area contributed by atoms with Crippen molar-refractivity contribution in [1.82, 2.24) is 5.32 Å². The van der Waals surface area contributed by atoms with E-state index in [9.17, 15) is 0 Å². The maximum Gasteiger partial charge on any atom is -0.00147 e. The lowest BCUT2D eigenvalue weighted by Gasteiger charge is -2.18. The number of fused-ring (bicyclic) bond motifs is 2. The van der Waals surface area contributed by atoms with Crippen LogP contribution in [0.4, 0.5) is 0 Å². The molecule has 0 aromatic carbocycles. The van der Waals surface area contributed by atoms with Crippen LogP contribution in [0.15, 0.2) is 12.2 Å². The van der Waals surface area contributed by atoms with Crippen molar-refractivity contribution < 1.29 is 0 Å². The zero-order chi connectivity index (χ0) is 9.10. The van der Waals surface area contributed by atoms with E-state index in [4.69, 9.17) is 0 Å². The molecule has 3 atom stereocenters. The van der Waals surface area contributed by atoms with Crippen LogP contribution in [-0.2, 0) is 0 Å². The van der Waals surface area contributed by atoms with E-state index in [0.717, 1.165) is 17.8 Å². The molecule has 1 saturated carbocycles. The molecule has 0 amide bonds. The summed E-state index contributed by atoms with van der Waals surface area (Å²) in [5.41, 5.74) is 0. The summed E-state index contributed by atoms with van der Waals surface area (Å²) in [6.45, 7) is 4.72. The molecule has 2 aliphatic carbocycles. The molecule has 0 aromatic heterocycles. The number of allylic oxidation sites excluding steroid dienone is 2. The zero-order valence-corrected chi connectivity index (χ0v) is 8.63. The van der Waals surface area contributed by atoms with Crippen molar-refractivity contribution in [3.05, 3.63) is 12.2 Å². The molecule has 0 aliphatic heterocycles. The third-order valence-corrected chi connectivity index (χ3v) is 3.53. The second kappa shape index (κ2) is 4.28. The summed E-state index contributed by atoms with van der Waals surface area (Å²) < 4.78 is 0. The van der Waals surface area contributed by atoms with Crippen molar-refractivity contribution in [3.8, 4) is 0 Å². The fourth-order valence-electron chi connectivity index (χ4n) is 2.72. The highest BCUT2D eigenvalue weighted by molar-refractivity contribution is 5.10. The normalized spacial score (nSPS) is 35.9. The Morgan fingerprint density at radius 2 is 2.23 bits per heavy atom. The van der Waals surface area contributed by atoms with Crippen molar-refractivity contribution in [1.29, 1.82) is 0 Å². The first-order valence-electron chi connectivity index (χ1n) is 5.79. The van der Waals surface area contributed by atoms with Crippen LogP contribution in [0.1, 0.15) is 32.6 Å². The standard InChI is InChI=1S/C12H21N/c1-2-3-6-13-9-12-8-10-4-5-11(12)7-10/h4-5,10-13H,2-3,6-9H2,1H3/t10-,11-,12+/m0/s1. The lowest BCUT2D eigenvalue weighted by molar-refractivity contribution is 0.413. The third-order valence-electron chi connectivity index (χ3n) is 3.53. The molecule has 0 unspecified atom stereocenters. The summed E-state index contributed by atoms with van der Waals surface area (Å²) in [5, 5.41) is 3.58. The molecule has 2 aliphatic rings. The van der Waals surface area contributed by atoms with Gasteiger partial charge in [-0.1, -0.05) is 25.5 Å². The van der Waals surface area contributed by atoms with Crippen LogP contribution in [0.3, 0.4) is 0 Å². The summed E-state index contributed by atoms with van der Waals surface area (Å²) in [7, 11) is 0. The van der Waals surface area contributed by atoms with Crippen molar-refractivity contribution in [3.63, 3.8) is 0 Å². The van der Waals surface area contributed by atoms with Gasteiger partial charge >= 0.3 is 0 Å². The predicted molar refractivity (Wildman–Crippen MR) is 56.6 cm³/mol. The topological polar surface area (TPSA) is 12.0 Å². The van der Waals surface area contributed by atoms with Gasteiger partial charge in [0.2, 0.25) is 0 Å². The van der Waals surface area contributed by atoms with Crippen LogP contribution in [0.2, 0.25) is 0 Å². The first kappa shape index (κ1) is 9.26. The van der Waals surface area contributed by atoms with Crippen molar-refractivity contribution >= 4 is 0 Å². The Hall–Kier alpha value is -0.300. The average Bonchev–Trinajstić information content (AvgIpc) is 2.73. The monoisotopic (exact) mass is 179 g/mol. The van der Waals surface area contributed by atoms with Gasteiger partial charge in [0.25, 0.3) is 0 Å². The van der Waals surface area contributed by atoms with Crippen LogP contribution in [0, 0.1) is 17.8 Å². The van der Waals surface area contributed by atoms with Gasteiger partial charge in [0.05, 0.1) is 0 Å². The fraction of sp³-hybridized carbons (Fsp3) is 0.833. The van der Waals surface area contributed by atoms with E-state index < -0.39 is 0 Å². The van der Waals surface area contributed by atoms with Gasteiger partial charge < -0.3 is 5.32 Å².